The zero-order chi connectivity index (χ0) is 8.53. The molecular formula is C7H7NO3. The van der Waals surface area contributed by atoms with Crippen LogP contribution >= 0.6 is 0 Å². The Morgan fingerprint density at radius 2 is 2.36 bits per heavy atom. The van der Waals surface area contributed by atoms with Crippen molar-refractivity contribution in [2.75, 3.05) is 0 Å². The molecule has 0 aliphatic carbocycles. The second kappa shape index (κ2) is 6.36. The Morgan fingerprint density at radius 3 is 2.91 bits per heavy atom. The standard InChI is InChI=1S/C7H7NO3/c1-2-10-5-6-11-7(9)3-4-8/h2,5-6H,1,3H2. The van der Waals surface area contributed by atoms with Gasteiger partial charge in [0.15, 0.2) is 0 Å². The molecule has 58 valence electrons. The first-order valence-electron chi connectivity index (χ1n) is 2.79. The van der Waals surface area contributed by atoms with E-state index in [1.165, 1.54) is 6.26 Å². The minimum Gasteiger partial charge on any atom is -0.470 e. The first-order chi connectivity index (χ1) is 5.31. The normalized spacial score (nSPS) is 8.64. The number of carbonyl (C=O) groups is 1. The van der Waals surface area contributed by atoms with Crippen LogP contribution in [-0.2, 0) is 14.3 Å². The first kappa shape index (κ1) is 9.24. The maximum Gasteiger partial charge on any atom is 0.325 e. The maximum absolute atomic E-state index is 10.4. The summed E-state index contributed by atoms with van der Waals surface area (Å²) in [5.74, 6) is -0.614. The minimum absolute atomic E-state index is 0.265. The number of rotatable bonds is 4. The van der Waals surface area contributed by atoms with E-state index < -0.39 is 5.97 Å². The van der Waals surface area contributed by atoms with Crippen LogP contribution in [-0.4, -0.2) is 5.97 Å². The van der Waals surface area contributed by atoms with Gasteiger partial charge in [-0.2, -0.15) is 5.26 Å². The highest BCUT2D eigenvalue weighted by Crippen LogP contribution is 1.86. The number of nitrogens with zero attached hydrogens (tertiary/aromatic N) is 1. The molecule has 0 saturated heterocycles. The van der Waals surface area contributed by atoms with E-state index in [4.69, 9.17) is 5.26 Å². The summed E-state index contributed by atoms with van der Waals surface area (Å²) in [6.45, 7) is 3.25. The average Bonchev–Trinajstić information content (AvgIpc) is 1.99. The molecule has 0 spiro atoms. The topological polar surface area (TPSA) is 59.3 Å². The zero-order valence-corrected chi connectivity index (χ0v) is 5.82. The molecule has 11 heavy (non-hydrogen) atoms. The van der Waals surface area contributed by atoms with E-state index in [9.17, 15) is 4.79 Å². The van der Waals surface area contributed by atoms with Gasteiger partial charge < -0.3 is 9.47 Å². The van der Waals surface area contributed by atoms with Gasteiger partial charge in [0.05, 0.1) is 12.3 Å². The Balaban J connectivity index is 3.46. The van der Waals surface area contributed by atoms with Gasteiger partial charge in [-0.25, -0.2) is 0 Å². The van der Waals surface area contributed by atoms with E-state index in [1.54, 1.807) is 6.07 Å². The largest absolute Gasteiger partial charge is 0.470 e. The third kappa shape index (κ3) is 6.12. The Hall–Kier alpha value is -1.76. The van der Waals surface area contributed by atoms with E-state index in [0.29, 0.717) is 0 Å². The van der Waals surface area contributed by atoms with Crippen LogP contribution < -0.4 is 0 Å². The summed E-state index contributed by atoms with van der Waals surface area (Å²) in [4.78, 5) is 10.4. The molecule has 0 rings (SSSR count). The van der Waals surface area contributed by atoms with E-state index in [0.717, 1.165) is 12.5 Å². The fourth-order valence-corrected chi connectivity index (χ4v) is 0.298. The Morgan fingerprint density at radius 1 is 1.64 bits per heavy atom. The highest BCUT2D eigenvalue weighted by atomic mass is 16.5. The Bertz CT molecular complexity index is 202. The van der Waals surface area contributed by atoms with Crippen molar-refractivity contribution >= 4 is 5.97 Å². The molecule has 0 bridgehead atoms. The molecule has 0 N–H and O–H groups in total. The van der Waals surface area contributed by atoms with E-state index in [1.807, 2.05) is 0 Å². The summed E-state index contributed by atoms with van der Waals surface area (Å²) in [7, 11) is 0. The fourth-order valence-electron chi connectivity index (χ4n) is 0.298. The van der Waals surface area contributed by atoms with Crippen molar-refractivity contribution in [2.45, 2.75) is 6.42 Å². The second-order valence-corrected chi connectivity index (χ2v) is 1.40. The molecule has 4 nitrogen and oxygen atoms in total. The minimum atomic E-state index is -0.614. The number of ether oxygens (including phenoxy) is 2. The van der Waals surface area contributed by atoms with Crippen LogP contribution in [0.15, 0.2) is 25.4 Å². The molecule has 0 aromatic heterocycles. The van der Waals surface area contributed by atoms with Crippen LogP contribution in [0.5, 0.6) is 0 Å². The number of hydrogen-bond donors (Lipinski definition) is 0. The van der Waals surface area contributed by atoms with Gasteiger partial charge in [0.1, 0.15) is 18.9 Å². The van der Waals surface area contributed by atoms with Gasteiger partial charge in [0.2, 0.25) is 0 Å². The van der Waals surface area contributed by atoms with Crippen LogP contribution in [0.1, 0.15) is 6.42 Å². The van der Waals surface area contributed by atoms with Crippen molar-refractivity contribution in [3.63, 3.8) is 0 Å². The quantitative estimate of drug-likeness (QED) is 0.447. The SMILES string of the molecule is C=COC=COC(=O)CC#N. The monoisotopic (exact) mass is 153 g/mol. The summed E-state index contributed by atoms with van der Waals surface area (Å²) in [5, 5.41) is 8.02. The molecule has 0 aromatic rings. The van der Waals surface area contributed by atoms with Crippen LogP contribution in [0.2, 0.25) is 0 Å². The summed E-state index contributed by atoms with van der Waals surface area (Å²) >= 11 is 0. The van der Waals surface area contributed by atoms with Crippen molar-refractivity contribution in [1.82, 2.24) is 0 Å². The van der Waals surface area contributed by atoms with Crippen molar-refractivity contribution in [3.05, 3.63) is 25.4 Å². The van der Waals surface area contributed by atoms with Crippen LogP contribution in [0.25, 0.3) is 0 Å². The van der Waals surface area contributed by atoms with Crippen LogP contribution in [0.4, 0.5) is 0 Å². The van der Waals surface area contributed by atoms with Gasteiger partial charge in [0.25, 0.3) is 0 Å². The van der Waals surface area contributed by atoms with Crippen LogP contribution in [0, 0.1) is 11.3 Å². The number of esters is 1. The molecule has 0 unspecified atom stereocenters. The van der Waals surface area contributed by atoms with E-state index >= 15 is 0 Å². The molecule has 0 aliphatic heterocycles. The third-order valence-electron chi connectivity index (χ3n) is 0.653. The van der Waals surface area contributed by atoms with Crippen molar-refractivity contribution in [3.8, 4) is 6.07 Å². The van der Waals surface area contributed by atoms with Crippen molar-refractivity contribution in [2.24, 2.45) is 0 Å². The van der Waals surface area contributed by atoms with E-state index in [2.05, 4.69) is 16.1 Å². The number of nitriles is 1. The average molecular weight is 153 g/mol. The van der Waals surface area contributed by atoms with Gasteiger partial charge in [-0.15, -0.1) is 0 Å². The summed E-state index contributed by atoms with van der Waals surface area (Å²) in [6, 6.07) is 1.64. The molecule has 0 saturated carbocycles. The van der Waals surface area contributed by atoms with Crippen molar-refractivity contribution < 1.29 is 14.3 Å². The Kier molecular flexibility index (Phi) is 5.34. The number of carbonyl (C=O) groups excluding carboxylic acids is 1. The first-order valence-corrected chi connectivity index (χ1v) is 2.79. The summed E-state index contributed by atoms with van der Waals surface area (Å²) < 4.78 is 8.85. The summed E-state index contributed by atoms with van der Waals surface area (Å²) in [6.07, 6.45) is 3.09. The fraction of sp³-hybridized carbons (Fsp3) is 0.143. The van der Waals surface area contributed by atoms with Crippen LogP contribution in [0.3, 0.4) is 0 Å². The molecule has 0 amide bonds. The highest BCUT2D eigenvalue weighted by Gasteiger charge is 1.96. The second-order valence-electron chi connectivity index (χ2n) is 1.40. The molecule has 0 heterocycles. The van der Waals surface area contributed by atoms with Crippen molar-refractivity contribution in [1.29, 1.82) is 5.26 Å². The maximum atomic E-state index is 10.4. The molecular weight excluding hydrogens is 146 g/mol. The molecule has 0 aliphatic rings. The molecule has 0 atom stereocenters. The lowest BCUT2D eigenvalue weighted by atomic mass is 10.5. The van der Waals surface area contributed by atoms with Gasteiger partial charge in [-0.1, -0.05) is 6.58 Å². The third-order valence-corrected chi connectivity index (χ3v) is 0.653. The van der Waals surface area contributed by atoms with E-state index in [-0.39, 0.29) is 6.42 Å². The highest BCUT2D eigenvalue weighted by molar-refractivity contribution is 5.72. The lowest BCUT2D eigenvalue weighted by Gasteiger charge is -1.91. The van der Waals surface area contributed by atoms with Gasteiger partial charge in [0, 0.05) is 0 Å². The van der Waals surface area contributed by atoms with Gasteiger partial charge in [-0.3, -0.25) is 4.79 Å². The smallest absolute Gasteiger partial charge is 0.325 e. The number of hydrogen-bond acceptors (Lipinski definition) is 4. The summed E-state index contributed by atoms with van der Waals surface area (Å²) in [5.41, 5.74) is 0. The molecule has 0 fully saturated rings. The predicted molar refractivity (Wildman–Crippen MR) is 36.7 cm³/mol. The van der Waals surface area contributed by atoms with Gasteiger partial charge in [-0.05, 0) is 0 Å². The molecule has 4 heteroatoms. The molecule has 0 aromatic carbocycles. The zero-order valence-electron chi connectivity index (χ0n) is 5.82. The lowest BCUT2D eigenvalue weighted by Crippen LogP contribution is -1.96. The van der Waals surface area contributed by atoms with Gasteiger partial charge >= 0.3 is 5.97 Å². The lowest BCUT2D eigenvalue weighted by molar-refractivity contribution is -0.136. The Labute approximate surface area is 64.3 Å². The predicted octanol–water partition coefficient (Wildman–Crippen LogP) is 1.07. The molecule has 0 radical (unpaired) electrons.